The molecule has 1 amide bonds. The lowest BCUT2D eigenvalue weighted by Gasteiger charge is -2.18. The van der Waals surface area contributed by atoms with Crippen molar-refractivity contribution in [1.82, 2.24) is 4.90 Å². The first-order valence-electron chi connectivity index (χ1n) is 6.17. The van der Waals surface area contributed by atoms with E-state index in [1.165, 1.54) is 17.7 Å². The number of phenolic OH excluding ortho intramolecular Hbond substituents is 1. The normalized spacial score (nSPS) is 10.2. The average Bonchev–Trinajstić information content (AvgIpc) is 2.41. The van der Waals surface area contributed by atoms with Crippen LogP contribution < -0.4 is 0 Å². The molecule has 0 atom stereocenters. The highest BCUT2D eigenvalue weighted by Crippen LogP contribution is 2.14. The quantitative estimate of drug-likeness (QED) is 0.916. The molecule has 2 aromatic carbocycles. The Bertz CT molecular complexity index is 576. The Balaban J connectivity index is 2.12. The van der Waals surface area contributed by atoms with Crippen molar-refractivity contribution in [2.24, 2.45) is 0 Å². The number of carbonyl (C=O) groups excluding carboxylic acids is 1. The molecule has 3 heteroatoms. The van der Waals surface area contributed by atoms with Crippen LogP contribution in [-0.2, 0) is 6.54 Å². The molecule has 0 bridgehead atoms. The molecule has 0 fully saturated rings. The number of rotatable bonds is 3. The molecule has 0 unspecified atom stereocenters. The van der Waals surface area contributed by atoms with Gasteiger partial charge in [-0.05, 0) is 42.3 Å². The molecule has 1 N–H and O–H groups in total. The van der Waals surface area contributed by atoms with Crippen LogP contribution in [0, 0.1) is 6.92 Å². The molecule has 2 rings (SSSR count). The number of nitrogens with zero attached hydrogens (tertiary/aromatic N) is 1. The molecule has 0 heterocycles. The summed E-state index contributed by atoms with van der Waals surface area (Å²) in [6.07, 6.45) is 0. The minimum atomic E-state index is -0.0525. The summed E-state index contributed by atoms with van der Waals surface area (Å²) in [5.41, 5.74) is 2.89. The van der Waals surface area contributed by atoms with E-state index in [1.54, 1.807) is 24.1 Å². The second-order valence-electron chi connectivity index (χ2n) is 4.63. The number of carbonyl (C=O) groups is 1. The molecule has 2 aromatic rings. The summed E-state index contributed by atoms with van der Waals surface area (Å²) >= 11 is 0. The standard InChI is InChI=1S/C16H17NO2/c1-12-5-3-4-6-14(12)11-17(2)16(19)13-7-9-15(18)10-8-13/h3-10,18H,11H2,1-2H3. The number of amides is 1. The van der Waals surface area contributed by atoms with E-state index in [4.69, 9.17) is 0 Å². The molecule has 0 aliphatic heterocycles. The van der Waals surface area contributed by atoms with Crippen molar-refractivity contribution < 1.29 is 9.90 Å². The highest BCUT2D eigenvalue weighted by molar-refractivity contribution is 5.94. The molecule has 0 aromatic heterocycles. The van der Waals surface area contributed by atoms with Gasteiger partial charge in [0.1, 0.15) is 5.75 Å². The fraction of sp³-hybridized carbons (Fsp3) is 0.188. The average molecular weight is 255 g/mol. The second kappa shape index (κ2) is 5.57. The van der Waals surface area contributed by atoms with Crippen LogP contribution in [0.2, 0.25) is 0 Å². The van der Waals surface area contributed by atoms with Crippen molar-refractivity contribution in [2.75, 3.05) is 7.05 Å². The van der Waals surface area contributed by atoms with Gasteiger partial charge in [-0.1, -0.05) is 24.3 Å². The molecule has 0 spiro atoms. The van der Waals surface area contributed by atoms with Crippen molar-refractivity contribution in [2.45, 2.75) is 13.5 Å². The Morgan fingerprint density at radius 3 is 2.37 bits per heavy atom. The van der Waals surface area contributed by atoms with Crippen molar-refractivity contribution in [3.05, 3.63) is 65.2 Å². The summed E-state index contributed by atoms with van der Waals surface area (Å²) in [5.74, 6) is 0.112. The predicted octanol–water partition coefficient (Wildman–Crippen LogP) is 2.97. The van der Waals surface area contributed by atoms with Gasteiger partial charge >= 0.3 is 0 Å². The van der Waals surface area contributed by atoms with E-state index in [0.29, 0.717) is 12.1 Å². The highest BCUT2D eigenvalue weighted by Gasteiger charge is 2.12. The van der Waals surface area contributed by atoms with E-state index in [9.17, 15) is 9.90 Å². The fourth-order valence-electron chi connectivity index (χ4n) is 1.94. The lowest BCUT2D eigenvalue weighted by Crippen LogP contribution is -2.26. The van der Waals surface area contributed by atoms with Crippen LogP contribution >= 0.6 is 0 Å². The summed E-state index contributed by atoms with van der Waals surface area (Å²) in [4.78, 5) is 13.9. The van der Waals surface area contributed by atoms with Crippen LogP contribution in [0.1, 0.15) is 21.5 Å². The van der Waals surface area contributed by atoms with E-state index in [2.05, 4.69) is 0 Å². The molecule has 19 heavy (non-hydrogen) atoms. The third-order valence-corrected chi connectivity index (χ3v) is 3.13. The van der Waals surface area contributed by atoms with Gasteiger partial charge in [0.05, 0.1) is 0 Å². The predicted molar refractivity (Wildman–Crippen MR) is 75.1 cm³/mol. The molecular weight excluding hydrogens is 238 g/mol. The van der Waals surface area contributed by atoms with Crippen LogP contribution in [0.15, 0.2) is 48.5 Å². The van der Waals surface area contributed by atoms with Crippen molar-refractivity contribution >= 4 is 5.91 Å². The zero-order valence-electron chi connectivity index (χ0n) is 11.1. The summed E-state index contributed by atoms with van der Waals surface area (Å²) in [5, 5.41) is 9.22. The Morgan fingerprint density at radius 2 is 1.74 bits per heavy atom. The number of aryl methyl sites for hydroxylation is 1. The third kappa shape index (κ3) is 3.13. The van der Waals surface area contributed by atoms with Crippen molar-refractivity contribution in [3.63, 3.8) is 0 Å². The molecule has 0 radical (unpaired) electrons. The molecular formula is C16H17NO2. The zero-order chi connectivity index (χ0) is 13.8. The number of hydrogen-bond acceptors (Lipinski definition) is 2. The molecule has 98 valence electrons. The summed E-state index contributed by atoms with van der Waals surface area (Å²) in [6.45, 7) is 2.61. The van der Waals surface area contributed by atoms with E-state index < -0.39 is 0 Å². The number of benzene rings is 2. The number of hydrogen-bond donors (Lipinski definition) is 1. The van der Waals surface area contributed by atoms with Gasteiger partial charge in [-0.15, -0.1) is 0 Å². The van der Waals surface area contributed by atoms with E-state index in [-0.39, 0.29) is 11.7 Å². The first-order valence-corrected chi connectivity index (χ1v) is 6.17. The van der Waals surface area contributed by atoms with Crippen LogP contribution in [-0.4, -0.2) is 23.0 Å². The monoisotopic (exact) mass is 255 g/mol. The first-order chi connectivity index (χ1) is 9.08. The number of phenols is 1. The Labute approximate surface area is 113 Å². The maximum absolute atomic E-state index is 12.2. The molecule has 0 aliphatic rings. The summed E-state index contributed by atoms with van der Waals surface area (Å²) in [6, 6.07) is 14.3. The van der Waals surface area contributed by atoms with Crippen LogP contribution in [0.4, 0.5) is 0 Å². The van der Waals surface area contributed by atoms with Crippen molar-refractivity contribution in [1.29, 1.82) is 0 Å². The van der Waals surface area contributed by atoms with Gasteiger partial charge in [-0.25, -0.2) is 0 Å². The second-order valence-corrected chi connectivity index (χ2v) is 4.63. The van der Waals surface area contributed by atoms with Gasteiger partial charge in [-0.2, -0.15) is 0 Å². The van der Waals surface area contributed by atoms with Gasteiger partial charge in [0.25, 0.3) is 5.91 Å². The minimum Gasteiger partial charge on any atom is -0.508 e. The van der Waals surface area contributed by atoms with Gasteiger partial charge in [0, 0.05) is 19.2 Å². The zero-order valence-corrected chi connectivity index (χ0v) is 11.1. The third-order valence-electron chi connectivity index (χ3n) is 3.13. The highest BCUT2D eigenvalue weighted by atomic mass is 16.3. The smallest absolute Gasteiger partial charge is 0.253 e. The maximum Gasteiger partial charge on any atom is 0.253 e. The van der Waals surface area contributed by atoms with E-state index >= 15 is 0 Å². The largest absolute Gasteiger partial charge is 0.508 e. The summed E-state index contributed by atoms with van der Waals surface area (Å²) in [7, 11) is 1.78. The topological polar surface area (TPSA) is 40.5 Å². The Hall–Kier alpha value is -2.29. The lowest BCUT2D eigenvalue weighted by molar-refractivity contribution is 0.0785. The van der Waals surface area contributed by atoms with E-state index in [0.717, 1.165) is 5.56 Å². The SMILES string of the molecule is Cc1ccccc1CN(C)C(=O)c1ccc(O)cc1. The molecule has 0 aliphatic carbocycles. The van der Waals surface area contributed by atoms with Gasteiger partial charge in [-0.3, -0.25) is 4.79 Å². The van der Waals surface area contributed by atoms with Crippen LogP contribution in [0.5, 0.6) is 5.75 Å². The minimum absolute atomic E-state index is 0.0525. The van der Waals surface area contributed by atoms with Gasteiger partial charge in [0.2, 0.25) is 0 Å². The summed E-state index contributed by atoms with van der Waals surface area (Å²) < 4.78 is 0. The van der Waals surface area contributed by atoms with E-state index in [1.807, 2.05) is 31.2 Å². The number of aromatic hydroxyl groups is 1. The first kappa shape index (κ1) is 13.1. The van der Waals surface area contributed by atoms with Gasteiger partial charge in [0.15, 0.2) is 0 Å². The van der Waals surface area contributed by atoms with Crippen molar-refractivity contribution in [3.8, 4) is 5.75 Å². The molecule has 0 saturated heterocycles. The Kier molecular flexibility index (Phi) is 3.85. The van der Waals surface area contributed by atoms with Crippen LogP contribution in [0.25, 0.3) is 0 Å². The van der Waals surface area contributed by atoms with Crippen LogP contribution in [0.3, 0.4) is 0 Å². The fourth-order valence-corrected chi connectivity index (χ4v) is 1.94. The van der Waals surface area contributed by atoms with Gasteiger partial charge < -0.3 is 10.0 Å². The lowest BCUT2D eigenvalue weighted by atomic mass is 10.1. The molecule has 3 nitrogen and oxygen atoms in total. The maximum atomic E-state index is 12.2. The Morgan fingerprint density at radius 1 is 1.11 bits per heavy atom. The molecule has 0 saturated carbocycles.